The fourth-order valence-electron chi connectivity index (χ4n) is 3.13. The first-order valence-electron chi connectivity index (χ1n) is 8.26. The molecule has 0 aliphatic carbocycles. The number of aromatic nitrogens is 1. The van der Waals surface area contributed by atoms with Gasteiger partial charge in [-0.2, -0.15) is 0 Å². The van der Waals surface area contributed by atoms with Crippen LogP contribution in [-0.2, 0) is 0 Å². The van der Waals surface area contributed by atoms with Gasteiger partial charge in [-0.3, -0.25) is 4.79 Å². The highest BCUT2D eigenvalue weighted by atomic mass is 79.9. The summed E-state index contributed by atoms with van der Waals surface area (Å²) >= 11 is 3.44. The topological polar surface area (TPSA) is 42.4 Å². The summed E-state index contributed by atoms with van der Waals surface area (Å²) in [4.78, 5) is 18.9. The van der Waals surface area contributed by atoms with E-state index in [9.17, 15) is 4.79 Å². The highest BCUT2D eigenvalue weighted by Gasteiger charge is 2.29. The van der Waals surface area contributed by atoms with Gasteiger partial charge >= 0.3 is 0 Å². The zero-order chi connectivity index (χ0) is 17.2. The largest absolute Gasteiger partial charge is 0.472 e. The van der Waals surface area contributed by atoms with Gasteiger partial charge in [0.2, 0.25) is 5.88 Å². The molecule has 0 spiro atoms. The van der Waals surface area contributed by atoms with Crippen molar-refractivity contribution in [3.63, 3.8) is 0 Å². The van der Waals surface area contributed by atoms with Crippen molar-refractivity contribution in [3.05, 3.63) is 70.8 Å². The average Bonchev–Trinajstić information content (AvgIpc) is 3.11. The van der Waals surface area contributed by atoms with Gasteiger partial charge in [0.15, 0.2) is 0 Å². The number of hydrogen-bond donors (Lipinski definition) is 0. The predicted octanol–water partition coefficient (Wildman–Crippen LogP) is 4.29. The van der Waals surface area contributed by atoms with Gasteiger partial charge < -0.3 is 9.64 Å². The van der Waals surface area contributed by atoms with Crippen LogP contribution in [0.15, 0.2) is 65.3 Å². The monoisotopic (exact) mass is 396 g/mol. The number of carbonyl (C=O) groups is 1. The molecule has 1 unspecified atom stereocenters. The van der Waals surface area contributed by atoms with E-state index in [1.165, 1.54) is 0 Å². The maximum Gasteiger partial charge on any atom is 0.254 e. The van der Waals surface area contributed by atoms with Gasteiger partial charge in [0, 0.05) is 24.7 Å². The summed E-state index contributed by atoms with van der Waals surface area (Å²) in [6, 6.07) is 17.7. The Morgan fingerprint density at radius 1 is 1.12 bits per heavy atom. The fourth-order valence-corrected chi connectivity index (χ4v) is 3.48. The summed E-state index contributed by atoms with van der Waals surface area (Å²) in [5.74, 6) is 0.629. The lowest BCUT2D eigenvalue weighted by Crippen LogP contribution is -2.31. The number of likely N-dealkylation sites (tertiary alicyclic amines) is 1. The molecule has 1 fully saturated rings. The van der Waals surface area contributed by atoms with Gasteiger partial charge in [-0.15, -0.1) is 0 Å². The maximum atomic E-state index is 12.8. The van der Waals surface area contributed by atoms with Crippen LogP contribution in [0, 0.1) is 0 Å². The van der Waals surface area contributed by atoms with Crippen LogP contribution in [0.5, 0.6) is 5.88 Å². The average molecular weight is 397 g/mol. The third-order valence-electron chi connectivity index (χ3n) is 4.43. The molecular weight excluding hydrogens is 380 g/mol. The van der Waals surface area contributed by atoms with Crippen molar-refractivity contribution in [1.82, 2.24) is 9.88 Å². The lowest BCUT2D eigenvalue weighted by atomic mass is 10.1. The van der Waals surface area contributed by atoms with E-state index in [1.54, 1.807) is 6.20 Å². The zero-order valence-electron chi connectivity index (χ0n) is 13.6. The van der Waals surface area contributed by atoms with E-state index < -0.39 is 0 Å². The molecule has 0 bridgehead atoms. The SMILES string of the molecule is O=C(c1ccc2ccccc2c1)N1CCC(Oc2ncccc2Br)C1. The van der Waals surface area contributed by atoms with Gasteiger partial charge in [-0.1, -0.05) is 30.3 Å². The number of fused-ring (bicyclic) bond motifs is 1. The minimum Gasteiger partial charge on any atom is -0.472 e. The molecule has 1 aliphatic heterocycles. The van der Waals surface area contributed by atoms with Crippen molar-refractivity contribution in [2.45, 2.75) is 12.5 Å². The molecule has 2 heterocycles. The Labute approximate surface area is 154 Å². The Hall–Kier alpha value is -2.40. The molecule has 0 N–H and O–H groups in total. The van der Waals surface area contributed by atoms with E-state index in [4.69, 9.17) is 4.74 Å². The third-order valence-corrected chi connectivity index (χ3v) is 5.04. The Morgan fingerprint density at radius 2 is 1.96 bits per heavy atom. The van der Waals surface area contributed by atoms with Crippen molar-refractivity contribution < 1.29 is 9.53 Å². The molecule has 2 aromatic carbocycles. The second-order valence-electron chi connectivity index (χ2n) is 6.13. The number of hydrogen-bond acceptors (Lipinski definition) is 3. The third kappa shape index (κ3) is 3.37. The summed E-state index contributed by atoms with van der Waals surface area (Å²) in [5.41, 5.74) is 0.721. The van der Waals surface area contributed by atoms with E-state index in [1.807, 2.05) is 59.5 Å². The molecule has 5 heteroatoms. The van der Waals surface area contributed by atoms with Crippen LogP contribution in [0.25, 0.3) is 10.8 Å². The molecule has 25 heavy (non-hydrogen) atoms. The number of carbonyl (C=O) groups excluding carboxylic acids is 1. The van der Waals surface area contributed by atoms with Gasteiger partial charge in [-0.25, -0.2) is 4.98 Å². The van der Waals surface area contributed by atoms with Crippen molar-refractivity contribution >= 4 is 32.6 Å². The number of halogens is 1. The van der Waals surface area contributed by atoms with E-state index in [-0.39, 0.29) is 12.0 Å². The highest BCUT2D eigenvalue weighted by Crippen LogP contribution is 2.25. The first-order valence-corrected chi connectivity index (χ1v) is 9.05. The van der Waals surface area contributed by atoms with Crippen LogP contribution in [0.2, 0.25) is 0 Å². The lowest BCUT2D eigenvalue weighted by molar-refractivity contribution is 0.0771. The molecule has 0 saturated carbocycles. The van der Waals surface area contributed by atoms with E-state index in [2.05, 4.69) is 20.9 Å². The maximum absolute atomic E-state index is 12.8. The number of rotatable bonds is 3. The molecule has 1 saturated heterocycles. The Kier molecular flexibility index (Phi) is 4.40. The second kappa shape index (κ2) is 6.84. The second-order valence-corrected chi connectivity index (χ2v) is 6.99. The van der Waals surface area contributed by atoms with Gasteiger partial charge in [-0.05, 0) is 51.0 Å². The standard InChI is InChI=1S/C20H17BrN2O2/c21-18-6-3-10-22-19(18)25-17-9-11-23(13-17)20(24)16-8-7-14-4-1-2-5-15(14)12-16/h1-8,10,12,17H,9,11,13H2. The first kappa shape index (κ1) is 16.1. The van der Waals surface area contributed by atoms with Crippen molar-refractivity contribution in [2.24, 2.45) is 0 Å². The highest BCUT2D eigenvalue weighted by molar-refractivity contribution is 9.10. The normalized spacial score (nSPS) is 17.0. The lowest BCUT2D eigenvalue weighted by Gasteiger charge is -2.17. The van der Waals surface area contributed by atoms with Crippen LogP contribution < -0.4 is 4.74 Å². The number of ether oxygens (including phenoxy) is 1. The van der Waals surface area contributed by atoms with E-state index in [0.29, 0.717) is 19.0 Å². The quantitative estimate of drug-likeness (QED) is 0.662. The molecule has 1 aromatic heterocycles. The van der Waals surface area contributed by atoms with E-state index >= 15 is 0 Å². The molecule has 3 aromatic rings. The molecule has 1 atom stereocenters. The number of pyridine rings is 1. The summed E-state index contributed by atoms with van der Waals surface area (Å²) in [6.07, 6.45) is 2.48. The van der Waals surface area contributed by atoms with Crippen LogP contribution >= 0.6 is 15.9 Å². The molecule has 0 radical (unpaired) electrons. The van der Waals surface area contributed by atoms with Gasteiger partial charge in [0.1, 0.15) is 6.10 Å². The van der Waals surface area contributed by atoms with Crippen LogP contribution in [-0.4, -0.2) is 35.0 Å². The zero-order valence-corrected chi connectivity index (χ0v) is 15.1. The van der Waals surface area contributed by atoms with Gasteiger partial charge in [0.25, 0.3) is 5.91 Å². The first-order chi connectivity index (χ1) is 12.2. The number of amides is 1. The van der Waals surface area contributed by atoms with Crippen LogP contribution in [0.3, 0.4) is 0 Å². The molecule has 4 nitrogen and oxygen atoms in total. The summed E-state index contributed by atoms with van der Waals surface area (Å²) in [7, 11) is 0. The van der Waals surface area contributed by atoms with E-state index in [0.717, 1.165) is 27.2 Å². The molecule has 126 valence electrons. The Morgan fingerprint density at radius 3 is 2.80 bits per heavy atom. The fraction of sp³-hybridized carbons (Fsp3) is 0.200. The Bertz CT molecular complexity index is 928. The van der Waals surface area contributed by atoms with Crippen molar-refractivity contribution in [3.8, 4) is 5.88 Å². The molecular formula is C20H17BrN2O2. The predicted molar refractivity (Wildman–Crippen MR) is 101 cm³/mol. The molecule has 1 aliphatic rings. The van der Waals surface area contributed by atoms with Crippen LogP contribution in [0.4, 0.5) is 0 Å². The molecule has 1 amide bonds. The number of nitrogens with zero attached hydrogens (tertiary/aromatic N) is 2. The minimum absolute atomic E-state index is 0.0318. The minimum atomic E-state index is -0.0318. The summed E-state index contributed by atoms with van der Waals surface area (Å²) in [5, 5.41) is 2.22. The number of benzene rings is 2. The van der Waals surface area contributed by atoms with Crippen molar-refractivity contribution in [2.75, 3.05) is 13.1 Å². The summed E-state index contributed by atoms with van der Waals surface area (Å²) in [6.45, 7) is 1.27. The summed E-state index contributed by atoms with van der Waals surface area (Å²) < 4.78 is 6.77. The smallest absolute Gasteiger partial charge is 0.254 e. The molecule has 4 rings (SSSR count). The van der Waals surface area contributed by atoms with Crippen LogP contribution in [0.1, 0.15) is 16.8 Å². The van der Waals surface area contributed by atoms with Gasteiger partial charge in [0.05, 0.1) is 11.0 Å². The van der Waals surface area contributed by atoms with Crippen molar-refractivity contribution in [1.29, 1.82) is 0 Å². The Balaban J connectivity index is 1.47.